The van der Waals surface area contributed by atoms with Crippen LogP contribution in [0.3, 0.4) is 0 Å². The molecule has 0 aliphatic rings. The second kappa shape index (κ2) is 7.24. The monoisotopic (exact) mass is 267 g/mol. The Morgan fingerprint density at radius 1 is 1.00 bits per heavy atom. The van der Waals surface area contributed by atoms with Gasteiger partial charge in [0.15, 0.2) is 11.5 Å². The normalized spacial score (nSPS) is 12.4. The number of rotatable bonds is 7. The van der Waals surface area contributed by atoms with Gasteiger partial charge in [0, 0.05) is 6.04 Å². The summed E-state index contributed by atoms with van der Waals surface area (Å²) in [5.41, 5.74) is 1.14. The highest BCUT2D eigenvalue weighted by Crippen LogP contribution is 2.40. The molecule has 0 aliphatic heterocycles. The standard InChI is InChI=1S/C15H25NO3/c1-7-16-14(10(2)3)11-8-12(17-4)15(19-6)13(9-11)18-5/h8-10,14,16H,7H2,1-6H3. The van der Waals surface area contributed by atoms with Crippen molar-refractivity contribution in [1.82, 2.24) is 5.32 Å². The van der Waals surface area contributed by atoms with Gasteiger partial charge in [-0.25, -0.2) is 0 Å². The lowest BCUT2D eigenvalue weighted by Gasteiger charge is -2.24. The van der Waals surface area contributed by atoms with Gasteiger partial charge in [-0.2, -0.15) is 0 Å². The van der Waals surface area contributed by atoms with E-state index in [1.54, 1.807) is 21.3 Å². The third-order valence-corrected chi connectivity index (χ3v) is 3.14. The van der Waals surface area contributed by atoms with E-state index >= 15 is 0 Å². The van der Waals surface area contributed by atoms with Gasteiger partial charge in [0.2, 0.25) is 5.75 Å². The first kappa shape index (κ1) is 15.6. The summed E-state index contributed by atoms with van der Waals surface area (Å²) in [4.78, 5) is 0. The summed E-state index contributed by atoms with van der Waals surface area (Å²) in [5.74, 6) is 2.50. The van der Waals surface area contributed by atoms with Crippen molar-refractivity contribution >= 4 is 0 Å². The Labute approximate surface area is 116 Å². The van der Waals surface area contributed by atoms with Crippen LogP contribution in [0.1, 0.15) is 32.4 Å². The maximum absolute atomic E-state index is 5.39. The van der Waals surface area contributed by atoms with Gasteiger partial charge < -0.3 is 19.5 Å². The van der Waals surface area contributed by atoms with Gasteiger partial charge in [-0.3, -0.25) is 0 Å². The molecule has 1 N–H and O–H groups in total. The first-order valence-corrected chi connectivity index (χ1v) is 6.62. The Morgan fingerprint density at radius 3 is 1.84 bits per heavy atom. The minimum Gasteiger partial charge on any atom is -0.493 e. The molecule has 1 rings (SSSR count). The summed E-state index contributed by atoms with van der Waals surface area (Å²) in [5, 5.41) is 3.49. The quantitative estimate of drug-likeness (QED) is 0.824. The van der Waals surface area contributed by atoms with Crippen LogP contribution in [-0.2, 0) is 0 Å². The molecule has 4 heteroatoms. The molecule has 0 bridgehead atoms. The number of hydrogen-bond donors (Lipinski definition) is 1. The van der Waals surface area contributed by atoms with Gasteiger partial charge >= 0.3 is 0 Å². The molecule has 1 aromatic rings. The summed E-state index contributed by atoms with van der Waals surface area (Å²) in [6.45, 7) is 7.40. The molecule has 0 aromatic heterocycles. The number of nitrogens with one attached hydrogen (secondary N) is 1. The minimum atomic E-state index is 0.263. The fourth-order valence-corrected chi connectivity index (χ4v) is 2.24. The SMILES string of the molecule is CCNC(c1cc(OC)c(OC)c(OC)c1)C(C)C. The van der Waals surface area contributed by atoms with E-state index in [1.165, 1.54) is 0 Å². The van der Waals surface area contributed by atoms with Crippen LogP contribution in [0.4, 0.5) is 0 Å². The van der Waals surface area contributed by atoms with Crippen molar-refractivity contribution in [1.29, 1.82) is 0 Å². The van der Waals surface area contributed by atoms with Gasteiger partial charge in [-0.05, 0) is 30.2 Å². The zero-order valence-corrected chi connectivity index (χ0v) is 12.7. The van der Waals surface area contributed by atoms with Crippen LogP contribution in [0, 0.1) is 5.92 Å². The van der Waals surface area contributed by atoms with E-state index in [2.05, 4.69) is 26.1 Å². The maximum atomic E-state index is 5.39. The van der Waals surface area contributed by atoms with Crippen LogP contribution in [-0.4, -0.2) is 27.9 Å². The fourth-order valence-electron chi connectivity index (χ4n) is 2.24. The molecule has 0 spiro atoms. The fraction of sp³-hybridized carbons (Fsp3) is 0.600. The molecular formula is C15H25NO3. The van der Waals surface area contributed by atoms with Gasteiger partial charge in [0.05, 0.1) is 21.3 Å². The number of benzene rings is 1. The molecule has 0 amide bonds. The molecule has 0 saturated carbocycles. The molecule has 108 valence electrons. The summed E-state index contributed by atoms with van der Waals surface area (Å²) in [6.07, 6.45) is 0. The molecule has 0 heterocycles. The van der Waals surface area contributed by atoms with E-state index in [9.17, 15) is 0 Å². The van der Waals surface area contributed by atoms with Crippen molar-refractivity contribution in [3.63, 3.8) is 0 Å². The van der Waals surface area contributed by atoms with E-state index in [4.69, 9.17) is 14.2 Å². The zero-order chi connectivity index (χ0) is 14.4. The topological polar surface area (TPSA) is 39.7 Å². The highest BCUT2D eigenvalue weighted by molar-refractivity contribution is 5.54. The average molecular weight is 267 g/mol. The second-order valence-electron chi connectivity index (χ2n) is 4.74. The average Bonchev–Trinajstić information content (AvgIpc) is 2.42. The molecule has 4 nitrogen and oxygen atoms in total. The highest BCUT2D eigenvalue weighted by atomic mass is 16.5. The number of ether oxygens (including phenoxy) is 3. The van der Waals surface area contributed by atoms with Crippen LogP contribution in [0.15, 0.2) is 12.1 Å². The van der Waals surface area contributed by atoms with Crippen LogP contribution < -0.4 is 19.5 Å². The van der Waals surface area contributed by atoms with Crippen LogP contribution >= 0.6 is 0 Å². The zero-order valence-electron chi connectivity index (χ0n) is 12.7. The van der Waals surface area contributed by atoms with Crippen molar-refractivity contribution in [2.24, 2.45) is 5.92 Å². The lowest BCUT2D eigenvalue weighted by molar-refractivity contribution is 0.321. The molecule has 1 aromatic carbocycles. The predicted molar refractivity (Wildman–Crippen MR) is 77.4 cm³/mol. The predicted octanol–water partition coefficient (Wildman–Crippen LogP) is 3.02. The lowest BCUT2D eigenvalue weighted by atomic mass is 9.95. The van der Waals surface area contributed by atoms with E-state index < -0.39 is 0 Å². The third-order valence-electron chi connectivity index (χ3n) is 3.14. The van der Waals surface area contributed by atoms with Gasteiger partial charge in [-0.1, -0.05) is 20.8 Å². The van der Waals surface area contributed by atoms with E-state index in [-0.39, 0.29) is 6.04 Å². The van der Waals surface area contributed by atoms with Crippen molar-refractivity contribution in [2.45, 2.75) is 26.8 Å². The van der Waals surface area contributed by atoms with Crippen LogP contribution in [0.25, 0.3) is 0 Å². The first-order chi connectivity index (χ1) is 9.08. The smallest absolute Gasteiger partial charge is 0.203 e. The Bertz CT molecular complexity index is 379. The lowest BCUT2D eigenvalue weighted by Crippen LogP contribution is -2.25. The van der Waals surface area contributed by atoms with E-state index in [1.807, 2.05) is 12.1 Å². The minimum absolute atomic E-state index is 0.263. The molecule has 1 unspecified atom stereocenters. The van der Waals surface area contributed by atoms with E-state index in [0.717, 1.165) is 12.1 Å². The maximum Gasteiger partial charge on any atom is 0.203 e. The Hall–Kier alpha value is -1.42. The summed E-state index contributed by atoms with van der Waals surface area (Å²) in [6, 6.07) is 4.28. The largest absolute Gasteiger partial charge is 0.493 e. The number of methoxy groups -OCH3 is 3. The molecule has 0 radical (unpaired) electrons. The first-order valence-electron chi connectivity index (χ1n) is 6.62. The van der Waals surface area contributed by atoms with Crippen molar-refractivity contribution in [3.05, 3.63) is 17.7 Å². The van der Waals surface area contributed by atoms with Gasteiger partial charge in [0.25, 0.3) is 0 Å². The Balaban J connectivity index is 3.27. The highest BCUT2D eigenvalue weighted by Gasteiger charge is 2.20. The van der Waals surface area contributed by atoms with Crippen LogP contribution in [0.5, 0.6) is 17.2 Å². The Morgan fingerprint density at radius 2 is 1.53 bits per heavy atom. The summed E-state index contributed by atoms with van der Waals surface area (Å²) < 4.78 is 16.1. The molecular weight excluding hydrogens is 242 g/mol. The second-order valence-corrected chi connectivity index (χ2v) is 4.74. The molecule has 19 heavy (non-hydrogen) atoms. The molecule has 0 fully saturated rings. The summed E-state index contributed by atoms with van der Waals surface area (Å²) >= 11 is 0. The van der Waals surface area contributed by atoms with Gasteiger partial charge in [-0.15, -0.1) is 0 Å². The summed E-state index contributed by atoms with van der Waals surface area (Å²) in [7, 11) is 4.89. The Kier molecular flexibility index (Phi) is 5.96. The molecule has 1 atom stereocenters. The molecule has 0 saturated heterocycles. The third kappa shape index (κ3) is 3.53. The van der Waals surface area contributed by atoms with E-state index in [0.29, 0.717) is 23.2 Å². The van der Waals surface area contributed by atoms with Crippen molar-refractivity contribution in [3.8, 4) is 17.2 Å². The van der Waals surface area contributed by atoms with Gasteiger partial charge in [0.1, 0.15) is 0 Å². The van der Waals surface area contributed by atoms with Crippen LogP contribution in [0.2, 0.25) is 0 Å². The van der Waals surface area contributed by atoms with Crippen molar-refractivity contribution in [2.75, 3.05) is 27.9 Å². The van der Waals surface area contributed by atoms with Crippen molar-refractivity contribution < 1.29 is 14.2 Å². The molecule has 0 aliphatic carbocycles. The number of hydrogen-bond acceptors (Lipinski definition) is 4.